The second-order valence-corrected chi connectivity index (χ2v) is 11.3. The van der Waals surface area contributed by atoms with Crippen LogP contribution in [0, 0.1) is 5.82 Å². The van der Waals surface area contributed by atoms with Crippen LogP contribution in [0.2, 0.25) is 0 Å². The van der Waals surface area contributed by atoms with Crippen LogP contribution in [-0.2, 0) is 26.7 Å². The zero-order valence-corrected chi connectivity index (χ0v) is 22.1. The number of hydrogen-bond acceptors (Lipinski definition) is 6. The van der Waals surface area contributed by atoms with Crippen molar-refractivity contribution in [3.63, 3.8) is 0 Å². The van der Waals surface area contributed by atoms with Crippen molar-refractivity contribution in [2.24, 2.45) is 7.05 Å². The number of amides is 3. The fourth-order valence-corrected chi connectivity index (χ4v) is 6.06. The van der Waals surface area contributed by atoms with Gasteiger partial charge in [0.25, 0.3) is 12.3 Å². The third kappa shape index (κ3) is 5.97. The number of likely N-dealkylation sites (tertiary alicyclic amines) is 1. The number of hydrogen-bond donors (Lipinski definition) is 3. The van der Waals surface area contributed by atoms with E-state index in [1.807, 2.05) is 0 Å². The van der Waals surface area contributed by atoms with E-state index in [-0.39, 0.29) is 24.3 Å². The highest BCUT2D eigenvalue weighted by atomic mass is 32.2. The molecule has 0 bridgehead atoms. The van der Waals surface area contributed by atoms with Crippen LogP contribution in [0.1, 0.15) is 35.8 Å². The molecule has 4 rings (SSSR count). The van der Waals surface area contributed by atoms with E-state index in [1.54, 1.807) is 5.32 Å². The van der Waals surface area contributed by atoms with Gasteiger partial charge in [0.1, 0.15) is 23.4 Å². The molecule has 41 heavy (non-hydrogen) atoms. The fourth-order valence-electron chi connectivity index (χ4n) is 4.46. The number of alkyl halides is 5. The molecule has 18 heteroatoms. The van der Waals surface area contributed by atoms with Crippen LogP contribution in [-0.4, -0.2) is 73.1 Å². The molecule has 3 N–H and O–H groups in total. The Morgan fingerprint density at radius 1 is 1.20 bits per heavy atom. The summed E-state index contributed by atoms with van der Waals surface area (Å²) in [7, 11) is -3.10. The Labute approximate surface area is 228 Å². The Bertz CT molecular complexity index is 1510. The van der Waals surface area contributed by atoms with Gasteiger partial charge in [-0.15, -0.1) is 0 Å². The average Bonchev–Trinajstić information content (AvgIpc) is 3.40. The lowest BCUT2D eigenvalue weighted by atomic mass is 10.0. The van der Waals surface area contributed by atoms with Gasteiger partial charge in [-0.3, -0.25) is 14.4 Å². The van der Waals surface area contributed by atoms with Crippen molar-refractivity contribution >= 4 is 33.4 Å². The van der Waals surface area contributed by atoms with Crippen LogP contribution in [0.4, 0.5) is 32.0 Å². The lowest BCUT2D eigenvalue weighted by Gasteiger charge is -2.27. The summed E-state index contributed by atoms with van der Waals surface area (Å²) in [6.07, 6.45) is -6.97. The fraction of sp³-hybridized carbons (Fsp3) is 0.435. The number of halogens is 6. The molecule has 0 unspecified atom stereocenters. The monoisotopic (exact) mass is 611 g/mol. The van der Waals surface area contributed by atoms with Gasteiger partial charge in [-0.05, 0) is 31.5 Å². The Kier molecular flexibility index (Phi) is 7.76. The highest BCUT2D eigenvalue weighted by molar-refractivity contribution is 7.89. The van der Waals surface area contributed by atoms with Crippen molar-refractivity contribution in [2.45, 2.75) is 42.4 Å². The molecule has 1 aromatic carbocycles. The van der Waals surface area contributed by atoms with Crippen molar-refractivity contribution in [3.8, 4) is 5.75 Å². The summed E-state index contributed by atoms with van der Waals surface area (Å²) in [5, 5.41) is 3.85. The molecule has 0 saturated carbocycles. The summed E-state index contributed by atoms with van der Waals surface area (Å²) in [6.45, 7) is -0.410. The summed E-state index contributed by atoms with van der Waals surface area (Å²) in [6, 6.07) is 0.189. The SMILES string of the molecule is C[C@@H](NC(=O)C(=O)N1CC[C@]2(COc3c(cn(C)c3C(=O)Nc3ccc(F)c(C(F)F)c3)S(=O)(=O)N2)C1)C(F)(F)F. The first-order valence-electron chi connectivity index (χ1n) is 11.9. The van der Waals surface area contributed by atoms with Gasteiger partial charge in [0.2, 0.25) is 10.0 Å². The van der Waals surface area contributed by atoms with E-state index in [0.717, 1.165) is 33.9 Å². The number of anilines is 1. The summed E-state index contributed by atoms with van der Waals surface area (Å²) in [5.41, 5.74) is -2.97. The van der Waals surface area contributed by atoms with Crippen LogP contribution < -0.4 is 20.1 Å². The van der Waals surface area contributed by atoms with E-state index in [2.05, 4.69) is 10.0 Å². The number of carbonyl (C=O) groups is 3. The molecule has 3 heterocycles. The van der Waals surface area contributed by atoms with Crippen LogP contribution in [0.5, 0.6) is 5.75 Å². The van der Waals surface area contributed by atoms with Gasteiger partial charge in [-0.2, -0.15) is 17.9 Å². The van der Waals surface area contributed by atoms with Crippen molar-refractivity contribution in [1.29, 1.82) is 0 Å². The molecule has 3 amide bonds. The molecule has 1 spiro atoms. The Morgan fingerprint density at radius 2 is 1.88 bits per heavy atom. The zero-order valence-electron chi connectivity index (χ0n) is 21.3. The molecular weight excluding hydrogens is 588 g/mol. The summed E-state index contributed by atoms with van der Waals surface area (Å²) in [5.74, 6) is -5.38. The van der Waals surface area contributed by atoms with Gasteiger partial charge in [-0.1, -0.05) is 0 Å². The molecule has 1 fully saturated rings. The lowest BCUT2D eigenvalue weighted by Crippen LogP contribution is -2.55. The van der Waals surface area contributed by atoms with Crippen LogP contribution >= 0.6 is 0 Å². The Balaban J connectivity index is 1.54. The highest BCUT2D eigenvalue weighted by Crippen LogP contribution is 2.37. The van der Waals surface area contributed by atoms with Gasteiger partial charge in [-0.25, -0.2) is 21.6 Å². The number of rotatable bonds is 4. The zero-order chi connectivity index (χ0) is 30.5. The molecule has 0 aliphatic carbocycles. The number of ether oxygens (including phenoxy) is 1. The Hall–Kier alpha value is -3.80. The second kappa shape index (κ2) is 10.6. The Morgan fingerprint density at radius 3 is 2.51 bits per heavy atom. The standard InChI is InChI=1S/C23H23F6N5O6S/c1-11(23(27,28)29)30-20(36)21(37)34-6-5-22(9-34)10-40-17-15(41(38,39)32-22)8-33(2)16(17)19(35)31-12-3-4-14(24)13(7-12)18(25)26/h3-4,7-8,11,18,32H,5-6,9-10H2,1-2H3,(H,30,36)(H,31,35)/t11-,22-/m1/s1. The minimum absolute atomic E-state index is 0.0794. The minimum atomic E-state index is -4.79. The first kappa shape index (κ1) is 30.2. The molecule has 0 radical (unpaired) electrons. The molecule has 2 aliphatic rings. The number of carbonyl (C=O) groups excluding carboxylic acids is 3. The maximum Gasteiger partial charge on any atom is 0.408 e. The largest absolute Gasteiger partial charge is 0.488 e. The molecule has 1 saturated heterocycles. The minimum Gasteiger partial charge on any atom is -0.488 e. The van der Waals surface area contributed by atoms with E-state index in [4.69, 9.17) is 4.74 Å². The first-order chi connectivity index (χ1) is 18.9. The predicted octanol–water partition coefficient (Wildman–Crippen LogP) is 2.06. The van der Waals surface area contributed by atoms with E-state index in [1.165, 1.54) is 7.05 Å². The molecule has 11 nitrogen and oxygen atoms in total. The molecule has 2 atom stereocenters. The average molecular weight is 612 g/mol. The van der Waals surface area contributed by atoms with Crippen LogP contribution in [0.15, 0.2) is 29.3 Å². The maximum absolute atomic E-state index is 13.6. The molecule has 2 aromatic rings. The van der Waals surface area contributed by atoms with E-state index in [0.29, 0.717) is 6.92 Å². The number of aromatic nitrogens is 1. The number of sulfonamides is 1. The summed E-state index contributed by atoms with van der Waals surface area (Å²) in [4.78, 5) is 38.1. The predicted molar refractivity (Wildman–Crippen MR) is 128 cm³/mol. The third-order valence-corrected chi connectivity index (χ3v) is 8.19. The van der Waals surface area contributed by atoms with Gasteiger partial charge >= 0.3 is 18.0 Å². The van der Waals surface area contributed by atoms with Crippen molar-refractivity contribution < 1.29 is 53.9 Å². The number of nitrogens with zero attached hydrogens (tertiary/aromatic N) is 2. The van der Waals surface area contributed by atoms with Gasteiger partial charge in [0.15, 0.2) is 11.4 Å². The number of aryl methyl sites for hydroxylation is 1. The maximum atomic E-state index is 13.6. The number of fused-ring (bicyclic) bond motifs is 1. The molecular formula is C23H23F6N5O6S. The normalized spacial score (nSPS) is 20.8. The van der Waals surface area contributed by atoms with Crippen LogP contribution in [0.3, 0.4) is 0 Å². The van der Waals surface area contributed by atoms with Crippen molar-refractivity contribution in [1.82, 2.24) is 19.5 Å². The highest BCUT2D eigenvalue weighted by Gasteiger charge is 2.49. The number of nitrogens with one attached hydrogen (secondary N) is 3. The van der Waals surface area contributed by atoms with E-state index >= 15 is 0 Å². The third-order valence-electron chi connectivity index (χ3n) is 6.61. The van der Waals surface area contributed by atoms with Gasteiger partial charge in [0.05, 0.1) is 11.1 Å². The summed E-state index contributed by atoms with van der Waals surface area (Å²) >= 11 is 0. The van der Waals surface area contributed by atoms with E-state index in [9.17, 15) is 49.1 Å². The van der Waals surface area contributed by atoms with Gasteiger partial charge < -0.3 is 24.8 Å². The topological polar surface area (TPSA) is 139 Å². The van der Waals surface area contributed by atoms with Crippen molar-refractivity contribution in [2.75, 3.05) is 25.0 Å². The lowest BCUT2D eigenvalue weighted by molar-refractivity contribution is -0.162. The first-order valence-corrected chi connectivity index (χ1v) is 13.3. The summed E-state index contributed by atoms with van der Waals surface area (Å²) < 4.78 is 114. The molecule has 2 aliphatic heterocycles. The molecule has 224 valence electrons. The van der Waals surface area contributed by atoms with E-state index < -0.39 is 87.1 Å². The second-order valence-electron chi connectivity index (χ2n) is 9.66. The van der Waals surface area contributed by atoms with Crippen LogP contribution in [0.25, 0.3) is 0 Å². The van der Waals surface area contributed by atoms with Gasteiger partial charge in [0, 0.05) is 32.0 Å². The number of benzene rings is 1. The quantitative estimate of drug-likeness (QED) is 0.358. The molecule has 1 aromatic heterocycles. The van der Waals surface area contributed by atoms with Crippen molar-refractivity contribution in [3.05, 3.63) is 41.5 Å². The smallest absolute Gasteiger partial charge is 0.408 e.